The molecule has 2 rings (SSSR count). The van der Waals surface area contributed by atoms with Crippen LogP contribution in [-0.2, 0) is 6.54 Å². The summed E-state index contributed by atoms with van der Waals surface area (Å²) in [6.07, 6.45) is 3.45. The van der Waals surface area contributed by atoms with Gasteiger partial charge in [0, 0.05) is 40.1 Å². The molecule has 0 radical (unpaired) electrons. The number of nitrogens with zero attached hydrogens (tertiary/aromatic N) is 3. The van der Waals surface area contributed by atoms with Crippen LogP contribution in [0.2, 0.25) is 0 Å². The van der Waals surface area contributed by atoms with E-state index >= 15 is 0 Å². The van der Waals surface area contributed by atoms with Crippen LogP contribution < -0.4 is 10.2 Å². The number of amides is 2. The standard InChI is InChI=1S/C16H20N4O/c1-19(2)15-7-5-4-6-14(15)18-16(21)20(3)12-13-8-10-17-11-9-13/h4-11H,12H2,1-3H3,(H,18,21). The fraction of sp³-hybridized carbons (Fsp3) is 0.250. The van der Waals surface area contributed by atoms with Crippen LogP contribution in [0.1, 0.15) is 5.56 Å². The zero-order valence-electron chi connectivity index (χ0n) is 12.6. The van der Waals surface area contributed by atoms with E-state index in [2.05, 4.69) is 10.3 Å². The smallest absolute Gasteiger partial charge is 0.321 e. The van der Waals surface area contributed by atoms with Gasteiger partial charge in [-0.15, -0.1) is 0 Å². The molecule has 0 saturated heterocycles. The Labute approximate surface area is 125 Å². The number of nitrogens with one attached hydrogen (secondary N) is 1. The number of para-hydroxylation sites is 2. The van der Waals surface area contributed by atoms with Crippen molar-refractivity contribution in [1.82, 2.24) is 9.88 Å². The van der Waals surface area contributed by atoms with Crippen molar-refractivity contribution in [3.05, 3.63) is 54.4 Å². The Hall–Kier alpha value is -2.56. The molecule has 0 aliphatic heterocycles. The van der Waals surface area contributed by atoms with E-state index in [-0.39, 0.29) is 6.03 Å². The van der Waals surface area contributed by atoms with Crippen molar-refractivity contribution < 1.29 is 4.79 Å². The maximum Gasteiger partial charge on any atom is 0.321 e. The molecule has 0 aliphatic rings. The quantitative estimate of drug-likeness (QED) is 0.939. The predicted molar refractivity (Wildman–Crippen MR) is 85.5 cm³/mol. The lowest BCUT2D eigenvalue weighted by Gasteiger charge is -2.21. The molecule has 21 heavy (non-hydrogen) atoms. The van der Waals surface area contributed by atoms with Crippen LogP contribution in [0.5, 0.6) is 0 Å². The molecule has 0 atom stereocenters. The van der Waals surface area contributed by atoms with E-state index < -0.39 is 0 Å². The van der Waals surface area contributed by atoms with Crippen molar-refractivity contribution in [2.24, 2.45) is 0 Å². The average Bonchev–Trinajstić information content (AvgIpc) is 2.48. The lowest BCUT2D eigenvalue weighted by Crippen LogP contribution is -2.31. The molecule has 1 aromatic heterocycles. The highest BCUT2D eigenvalue weighted by Gasteiger charge is 2.12. The molecule has 0 bridgehead atoms. The number of aromatic nitrogens is 1. The minimum absolute atomic E-state index is 0.138. The van der Waals surface area contributed by atoms with Gasteiger partial charge in [0.05, 0.1) is 11.4 Å². The number of hydrogen-bond donors (Lipinski definition) is 1. The summed E-state index contributed by atoms with van der Waals surface area (Å²) in [6.45, 7) is 0.540. The second-order valence-electron chi connectivity index (χ2n) is 5.05. The number of carbonyl (C=O) groups is 1. The lowest BCUT2D eigenvalue weighted by molar-refractivity contribution is 0.220. The number of pyridine rings is 1. The van der Waals surface area contributed by atoms with E-state index in [0.29, 0.717) is 6.54 Å². The van der Waals surface area contributed by atoms with Gasteiger partial charge in [0.15, 0.2) is 0 Å². The third-order valence-electron chi connectivity index (χ3n) is 3.14. The number of urea groups is 1. The molecule has 2 aromatic rings. The average molecular weight is 284 g/mol. The highest BCUT2D eigenvalue weighted by atomic mass is 16.2. The van der Waals surface area contributed by atoms with Crippen molar-refractivity contribution in [2.45, 2.75) is 6.54 Å². The molecule has 0 saturated carbocycles. The number of benzene rings is 1. The Bertz CT molecular complexity index is 598. The fourth-order valence-electron chi connectivity index (χ4n) is 2.01. The van der Waals surface area contributed by atoms with Crippen molar-refractivity contribution in [2.75, 3.05) is 31.4 Å². The molecule has 1 heterocycles. The van der Waals surface area contributed by atoms with Crippen molar-refractivity contribution in [3.8, 4) is 0 Å². The maximum atomic E-state index is 12.3. The first-order valence-corrected chi connectivity index (χ1v) is 6.75. The summed E-state index contributed by atoms with van der Waals surface area (Å²) in [4.78, 5) is 19.9. The molecular formula is C16H20N4O. The Kier molecular flexibility index (Phi) is 4.77. The maximum absolute atomic E-state index is 12.3. The summed E-state index contributed by atoms with van der Waals surface area (Å²) in [7, 11) is 5.67. The topological polar surface area (TPSA) is 48.5 Å². The van der Waals surface area contributed by atoms with Gasteiger partial charge in [-0.1, -0.05) is 12.1 Å². The van der Waals surface area contributed by atoms with E-state index in [1.807, 2.05) is 55.4 Å². The molecule has 0 fully saturated rings. The molecule has 1 N–H and O–H groups in total. The fourth-order valence-corrected chi connectivity index (χ4v) is 2.01. The van der Waals surface area contributed by atoms with E-state index in [1.165, 1.54) is 0 Å². The first kappa shape index (κ1) is 14.8. The van der Waals surface area contributed by atoms with E-state index in [1.54, 1.807) is 24.3 Å². The lowest BCUT2D eigenvalue weighted by atomic mass is 10.2. The Balaban J connectivity index is 2.04. The van der Waals surface area contributed by atoms with Crippen LogP contribution in [0.4, 0.5) is 16.2 Å². The summed E-state index contributed by atoms with van der Waals surface area (Å²) in [6, 6.07) is 11.4. The normalized spacial score (nSPS) is 10.0. The summed E-state index contributed by atoms with van der Waals surface area (Å²) >= 11 is 0. The molecule has 5 nitrogen and oxygen atoms in total. The molecule has 5 heteroatoms. The van der Waals surface area contributed by atoms with Crippen LogP contribution in [0, 0.1) is 0 Å². The zero-order valence-corrected chi connectivity index (χ0v) is 12.6. The number of hydrogen-bond acceptors (Lipinski definition) is 3. The molecule has 0 spiro atoms. The van der Waals surface area contributed by atoms with Crippen LogP contribution in [0.15, 0.2) is 48.8 Å². The third-order valence-corrected chi connectivity index (χ3v) is 3.14. The van der Waals surface area contributed by atoms with Gasteiger partial charge < -0.3 is 15.1 Å². The van der Waals surface area contributed by atoms with Crippen LogP contribution in [0.3, 0.4) is 0 Å². The molecule has 110 valence electrons. The van der Waals surface area contributed by atoms with Crippen molar-refractivity contribution in [1.29, 1.82) is 0 Å². The summed E-state index contributed by atoms with van der Waals surface area (Å²) in [5.74, 6) is 0. The number of anilines is 2. The van der Waals surface area contributed by atoms with Crippen LogP contribution in [-0.4, -0.2) is 37.1 Å². The summed E-state index contributed by atoms with van der Waals surface area (Å²) < 4.78 is 0. The second kappa shape index (κ2) is 6.74. The second-order valence-corrected chi connectivity index (χ2v) is 5.05. The van der Waals surface area contributed by atoms with E-state index in [4.69, 9.17) is 0 Å². The van der Waals surface area contributed by atoms with Gasteiger partial charge in [0.1, 0.15) is 0 Å². The molecule has 1 aromatic carbocycles. The molecule has 2 amide bonds. The zero-order chi connectivity index (χ0) is 15.2. The SMILES string of the molecule is CN(Cc1ccncc1)C(=O)Nc1ccccc1N(C)C. The van der Waals surface area contributed by atoms with Gasteiger partial charge in [-0.25, -0.2) is 4.79 Å². The summed E-state index contributed by atoms with van der Waals surface area (Å²) in [5, 5.41) is 2.94. The van der Waals surface area contributed by atoms with Gasteiger partial charge in [-0.05, 0) is 29.8 Å². The van der Waals surface area contributed by atoms with Crippen molar-refractivity contribution >= 4 is 17.4 Å². The van der Waals surface area contributed by atoms with Gasteiger partial charge in [-0.3, -0.25) is 4.98 Å². The highest BCUT2D eigenvalue weighted by molar-refractivity contribution is 5.93. The van der Waals surface area contributed by atoms with Gasteiger partial charge in [0.25, 0.3) is 0 Å². The third kappa shape index (κ3) is 3.95. The predicted octanol–water partition coefficient (Wildman–Crippen LogP) is 2.81. The van der Waals surface area contributed by atoms with Gasteiger partial charge in [0.2, 0.25) is 0 Å². The molecule has 0 aliphatic carbocycles. The monoisotopic (exact) mass is 284 g/mol. The van der Waals surface area contributed by atoms with E-state index in [0.717, 1.165) is 16.9 Å². The first-order chi connectivity index (χ1) is 10.1. The highest BCUT2D eigenvalue weighted by Crippen LogP contribution is 2.23. The minimum atomic E-state index is -0.138. The Morgan fingerprint density at radius 1 is 1.10 bits per heavy atom. The Morgan fingerprint density at radius 2 is 1.76 bits per heavy atom. The number of rotatable bonds is 4. The summed E-state index contributed by atoms with van der Waals surface area (Å²) in [5.41, 5.74) is 2.82. The first-order valence-electron chi connectivity index (χ1n) is 6.75. The van der Waals surface area contributed by atoms with Gasteiger partial charge in [-0.2, -0.15) is 0 Å². The number of carbonyl (C=O) groups excluding carboxylic acids is 1. The minimum Gasteiger partial charge on any atom is -0.376 e. The van der Waals surface area contributed by atoms with Gasteiger partial charge >= 0.3 is 6.03 Å². The van der Waals surface area contributed by atoms with Crippen molar-refractivity contribution in [3.63, 3.8) is 0 Å². The Morgan fingerprint density at radius 3 is 2.43 bits per heavy atom. The van der Waals surface area contributed by atoms with Crippen LogP contribution >= 0.6 is 0 Å². The van der Waals surface area contributed by atoms with Crippen LogP contribution in [0.25, 0.3) is 0 Å². The molecule has 0 unspecified atom stereocenters. The largest absolute Gasteiger partial charge is 0.376 e. The molecular weight excluding hydrogens is 264 g/mol. The van der Waals surface area contributed by atoms with E-state index in [9.17, 15) is 4.79 Å².